The van der Waals surface area contributed by atoms with Gasteiger partial charge in [-0.2, -0.15) is 4.98 Å². The fraction of sp³-hybridized carbons (Fsp3) is 0.550. The van der Waals surface area contributed by atoms with Crippen LogP contribution in [-0.2, 0) is 21.5 Å². The standard InChI is InChI=1S/C20H24F3N3O4/c1-13(2)18-24-17(30-26-18)7-6-16(27)25-19(8-10-28-11-9-19)14-4-3-5-15(12-14)29-20(21,22)23/h3-5,12-13H,6-11H2,1-2H3,(H,25,27). The Balaban J connectivity index is 1.72. The zero-order chi connectivity index (χ0) is 21.8. The maximum Gasteiger partial charge on any atom is 0.573 e. The molecule has 164 valence electrons. The summed E-state index contributed by atoms with van der Waals surface area (Å²) < 4.78 is 52.4. The van der Waals surface area contributed by atoms with E-state index in [1.165, 1.54) is 18.2 Å². The van der Waals surface area contributed by atoms with Crippen molar-refractivity contribution in [3.05, 3.63) is 41.5 Å². The van der Waals surface area contributed by atoms with Gasteiger partial charge in [0.2, 0.25) is 11.8 Å². The van der Waals surface area contributed by atoms with Gasteiger partial charge < -0.3 is 19.3 Å². The molecule has 0 unspecified atom stereocenters. The van der Waals surface area contributed by atoms with Crippen molar-refractivity contribution in [3.8, 4) is 5.75 Å². The predicted molar refractivity (Wildman–Crippen MR) is 99.7 cm³/mol. The van der Waals surface area contributed by atoms with Crippen LogP contribution in [0.4, 0.5) is 13.2 Å². The van der Waals surface area contributed by atoms with Crippen molar-refractivity contribution in [2.24, 2.45) is 0 Å². The Morgan fingerprint density at radius 3 is 2.67 bits per heavy atom. The van der Waals surface area contributed by atoms with Crippen LogP contribution in [0.25, 0.3) is 0 Å². The van der Waals surface area contributed by atoms with Crippen LogP contribution in [-0.4, -0.2) is 35.6 Å². The molecule has 1 aromatic carbocycles. The van der Waals surface area contributed by atoms with Crippen molar-refractivity contribution in [2.45, 2.75) is 57.3 Å². The molecule has 0 atom stereocenters. The molecule has 0 saturated carbocycles. The SMILES string of the molecule is CC(C)c1noc(CCC(=O)NC2(c3cccc(OC(F)(F)F)c3)CCOCC2)n1. The molecule has 1 aliphatic rings. The lowest BCUT2D eigenvalue weighted by molar-refractivity contribution is -0.274. The van der Waals surface area contributed by atoms with Crippen LogP contribution in [0, 0.1) is 0 Å². The molecule has 1 amide bonds. The highest BCUT2D eigenvalue weighted by atomic mass is 19.4. The zero-order valence-corrected chi connectivity index (χ0v) is 16.8. The maximum atomic E-state index is 12.7. The lowest BCUT2D eigenvalue weighted by Crippen LogP contribution is -2.49. The van der Waals surface area contributed by atoms with Crippen LogP contribution in [0.1, 0.15) is 56.3 Å². The summed E-state index contributed by atoms with van der Waals surface area (Å²) in [6, 6.07) is 5.70. The highest BCUT2D eigenvalue weighted by molar-refractivity contribution is 5.77. The summed E-state index contributed by atoms with van der Waals surface area (Å²) in [6.45, 7) is 4.64. The number of alkyl halides is 3. The van der Waals surface area contributed by atoms with Crippen LogP contribution < -0.4 is 10.1 Å². The molecule has 1 aromatic heterocycles. The average molecular weight is 427 g/mol. The minimum absolute atomic E-state index is 0.112. The molecule has 7 nitrogen and oxygen atoms in total. The highest BCUT2D eigenvalue weighted by Gasteiger charge is 2.37. The van der Waals surface area contributed by atoms with Crippen molar-refractivity contribution in [2.75, 3.05) is 13.2 Å². The van der Waals surface area contributed by atoms with Gasteiger partial charge in [0.15, 0.2) is 5.82 Å². The molecule has 0 radical (unpaired) electrons. The molecule has 0 aliphatic carbocycles. The Hall–Kier alpha value is -2.62. The number of hydrogen-bond donors (Lipinski definition) is 1. The van der Waals surface area contributed by atoms with Gasteiger partial charge in [0.05, 0.1) is 5.54 Å². The van der Waals surface area contributed by atoms with E-state index < -0.39 is 11.9 Å². The number of nitrogens with zero attached hydrogens (tertiary/aromatic N) is 2. The molecule has 1 N–H and O–H groups in total. The number of nitrogens with one attached hydrogen (secondary N) is 1. The fourth-order valence-electron chi connectivity index (χ4n) is 3.35. The minimum Gasteiger partial charge on any atom is -0.406 e. The number of aromatic nitrogens is 2. The molecule has 2 aromatic rings. The van der Waals surface area contributed by atoms with Gasteiger partial charge in [-0.15, -0.1) is 13.2 Å². The number of rotatable bonds is 7. The van der Waals surface area contributed by atoms with E-state index in [1.807, 2.05) is 13.8 Å². The van der Waals surface area contributed by atoms with Gasteiger partial charge in [-0.3, -0.25) is 4.79 Å². The molecule has 3 rings (SSSR count). The van der Waals surface area contributed by atoms with E-state index >= 15 is 0 Å². The summed E-state index contributed by atoms with van der Waals surface area (Å²) in [6.07, 6.45) is -3.53. The molecule has 1 aliphatic heterocycles. The first-order valence-corrected chi connectivity index (χ1v) is 9.74. The predicted octanol–water partition coefficient (Wildman–Crippen LogP) is 3.85. The minimum atomic E-state index is -4.79. The highest BCUT2D eigenvalue weighted by Crippen LogP contribution is 2.35. The van der Waals surface area contributed by atoms with Crippen molar-refractivity contribution in [1.82, 2.24) is 15.5 Å². The van der Waals surface area contributed by atoms with Crippen LogP contribution in [0.2, 0.25) is 0 Å². The second-order valence-electron chi connectivity index (χ2n) is 7.52. The summed E-state index contributed by atoms with van der Waals surface area (Å²) in [7, 11) is 0. The molecule has 1 saturated heterocycles. The van der Waals surface area contributed by atoms with Gasteiger partial charge in [0.1, 0.15) is 5.75 Å². The second-order valence-corrected chi connectivity index (χ2v) is 7.52. The van der Waals surface area contributed by atoms with Gasteiger partial charge in [-0.05, 0) is 30.5 Å². The number of amides is 1. The number of carbonyl (C=O) groups excluding carboxylic acids is 1. The summed E-state index contributed by atoms with van der Waals surface area (Å²) in [4.78, 5) is 16.9. The zero-order valence-electron chi connectivity index (χ0n) is 16.8. The van der Waals surface area contributed by atoms with E-state index in [0.717, 1.165) is 0 Å². The average Bonchev–Trinajstić information content (AvgIpc) is 3.15. The Morgan fingerprint density at radius 1 is 1.30 bits per heavy atom. The number of carbonyl (C=O) groups is 1. The quantitative estimate of drug-likeness (QED) is 0.723. The first-order chi connectivity index (χ1) is 14.2. The third-order valence-corrected chi connectivity index (χ3v) is 4.91. The van der Waals surface area contributed by atoms with Crippen LogP contribution in [0.3, 0.4) is 0 Å². The lowest BCUT2D eigenvalue weighted by atomic mass is 9.82. The fourth-order valence-corrected chi connectivity index (χ4v) is 3.35. The molecule has 0 spiro atoms. The topological polar surface area (TPSA) is 86.5 Å². The van der Waals surface area contributed by atoms with Gasteiger partial charge in [0, 0.05) is 32.0 Å². The number of hydrogen-bond acceptors (Lipinski definition) is 6. The van der Waals surface area contributed by atoms with E-state index in [-0.39, 0.29) is 30.4 Å². The molecule has 0 bridgehead atoms. The maximum absolute atomic E-state index is 12.7. The van der Waals surface area contributed by atoms with E-state index in [1.54, 1.807) is 6.07 Å². The Bertz CT molecular complexity index is 861. The van der Waals surface area contributed by atoms with Crippen LogP contribution in [0.15, 0.2) is 28.8 Å². The van der Waals surface area contributed by atoms with Crippen LogP contribution in [0.5, 0.6) is 5.75 Å². The number of halogens is 3. The third kappa shape index (κ3) is 5.71. The molecular formula is C20H24F3N3O4. The molecule has 30 heavy (non-hydrogen) atoms. The van der Waals surface area contributed by atoms with E-state index in [0.29, 0.717) is 43.3 Å². The van der Waals surface area contributed by atoms with Crippen molar-refractivity contribution in [3.63, 3.8) is 0 Å². The van der Waals surface area contributed by atoms with Crippen LogP contribution >= 0.6 is 0 Å². The van der Waals surface area contributed by atoms with E-state index in [4.69, 9.17) is 9.26 Å². The lowest BCUT2D eigenvalue weighted by Gasteiger charge is -2.38. The third-order valence-electron chi connectivity index (χ3n) is 4.91. The van der Waals surface area contributed by atoms with Gasteiger partial charge >= 0.3 is 6.36 Å². The Kier molecular flexibility index (Phi) is 6.64. The summed E-state index contributed by atoms with van der Waals surface area (Å²) in [5.74, 6) is 0.479. The smallest absolute Gasteiger partial charge is 0.406 e. The van der Waals surface area contributed by atoms with Gasteiger partial charge in [0.25, 0.3) is 0 Å². The molecule has 2 heterocycles. The normalized spacial score (nSPS) is 16.5. The van der Waals surface area contributed by atoms with E-state index in [2.05, 4.69) is 20.2 Å². The molecule has 1 fully saturated rings. The summed E-state index contributed by atoms with van der Waals surface area (Å²) in [5, 5.41) is 6.86. The Labute approximate surface area is 171 Å². The van der Waals surface area contributed by atoms with Gasteiger partial charge in [-0.25, -0.2) is 0 Å². The van der Waals surface area contributed by atoms with E-state index in [9.17, 15) is 18.0 Å². The van der Waals surface area contributed by atoms with Crippen molar-refractivity contribution < 1.29 is 32.0 Å². The molecule has 10 heteroatoms. The first-order valence-electron chi connectivity index (χ1n) is 9.74. The van der Waals surface area contributed by atoms with Gasteiger partial charge in [-0.1, -0.05) is 31.1 Å². The monoisotopic (exact) mass is 427 g/mol. The number of benzene rings is 1. The second kappa shape index (κ2) is 9.03. The van der Waals surface area contributed by atoms with Crippen molar-refractivity contribution >= 4 is 5.91 Å². The number of aryl methyl sites for hydroxylation is 1. The largest absolute Gasteiger partial charge is 0.573 e. The number of ether oxygens (including phenoxy) is 2. The van der Waals surface area contributed by atoms with Crippen molar-refractivity contribution in [1.29, 1.82) is 0 Å². The Morgan fingerprint density at radius 2 is 2.03 bits per heavy atom. The molecular weight excluding hydrogens is 403 g/mol. The first kappa shape index (κ1) is 22.1. The summed E-state index contributed by atoms with van der Waals surface area (Å²) in [5.41, 5.74) is -0.293. The summed E-state index contributed by atoms with van der Waals surface area (Å²) >= 11 is 0.